The third kappa shape index (κ3) is 3.41. The lowest BCUT2D eigenvalue weighted by molar-refractivity contribution is -0.115. The Morgan fingerprint density at radius 2 is 1.96 bits per heavy atom. The van der Waals surface area contributed by atoms with E-state index in [1.807, 2.05) is 31.4 Å². The molecule has 1 amide bonds. The number of fused-ring (bicyclic) bond motifs is 1. The van der Waals surface area contributed by atoms with Crippen LogP contribution in [0.1, 0.15) is 5.56 Å². The van der Waals surface area contributed by atoms with Crippen LogP contribution in [-0.4, -0.2) is 30.6 Å². The number of aromatic nitrogens is 5. The van der Waals surface area contributed by atoms with Crippen LogP contribution in [0.4, 0.5) is 5.95 Å². The van der Waals surface area contributed by atoms with Crippen molar-refractivity contribution in [1.29, 1.82) is 0 Å². The van der Waals surface area contributed by atoms with Crippen molar-refractivity contribution in [3.05, 3.63) is 66.9 Å². The molecule has 128 valence electrons. The fourth-order valence-electron chi connectivity index (χ4n) is 2.69. The molecule has 0 spiro atoms. The summed E-state index contributed by atoms with van der Waals surface area (Å²) in [4.78, 5) is 24.8. The molecule has 0 aliphatic rings. The van der Waals surface area contributed by atoms with Gasteiger partial charge in [0.05, 0.1) is 18.1 Å². The van der Waals surface area contributed by atoms with Gasteiger partial charge in [-0.1, -0.05) is 12.1 Å². The summed E-state index contributed by atoms with van der Waals surface area (Å²) in [5.74, 6) is 0.124. The molecule has 4 aromatic rings. The summed E-state index contributed by atoms with van der Waals surface area (Å²) >= 11 is 0. The van der Waals surface area contributed by atoms with Crippen molar-refractivity contribution in [3.8, 4) is 11.1 Å². The van der Waals surface area contributed by atoms with Gasteiger partial charge in [-0.3, -0.25) is 19.8 Å². The fraction of sp³-hybridized carbons (Fsp3) is 0.105. The number of carbonyl (C=O) groups excluding carboxylic acids is 1. The SMILES string of the molecule is Cn1cc(-c2ccc3cnc(NC(=O)Cc4ccncc4)nc3c2)cn1. The minimum atomic E-state index is -0.168. The summed E-state index contributed by atoms with van der Waals surface area (Å²) < 4.78 is 1.75. The Labute approximate surface area is 149 Å². The van der Waals surface area contributed by atoms with Gasteiger partial charge in [0, 0.05) is 42.8 Å². The van der Waals surface area contributed by atoms with Gasteiger partial charge in [0.2, 0.25) is 11.9 Å². The number of benzene rings is 1. The van der Waals surface area contributed by atoms with Crippen LogP contribution in [0.5, 0.6) is 0 Å². The number of anilines is 1. The maximum Gasteiger partial charge on any atom is 0.231 e. The van der Waals surface area contributed by atoms with Crippen molar-refractivity contribution in [3.63, 3.8) is 0 Å². The zero-order valence-corrected chi connectivity index (χ0v) is 14.1. The summed E-state index contributed by atoms with van der Waals surface area (Å²) in [5.41, 5.74) is 3.67. The number of nitrogens with zero attached hydrogens (tertiary/aromatic N) is 5. The predicted octanol–water partition coefficient (Wildman–Crippen LogP) is 2.61. The Balaban J connectivity index is 1.57. The highest BCUT2D eigenvalue weighted by Crippen LogP contribution is 2.23. The molecule has 0 fully saturated rings. The van der Waals surface area contributed by atoms with Gasteiger partial charge in [0.25, 0.3) is 0 Å². The summed E-state index contributed by atoms with van der Waals surface area (Å²) in [6.07, 6.45) is 9.03. The van der Waals surface area contributed by atoms with Crippen molar-refractivity contribution < 1.29 is 4.79 Å². The Kier molecular flexibility index (Phi) is 4.10. The largest absolute Gasteiger partial charge is 0.294 e. The standard InChI is InChI=1S/C19H16N6O/c1-25-12-16(11-22-25)14-2-3-15-10-21-19(23-17(15)9-14)24-18(26)8-13-4-6-20-7-5-13/h2-7,9-12H,8H2,1H3,(H,21,23,24,26). The summed E-state index contributed by atoms with van der Waals surface area (Å²) in [6.45, 7) is 0. The zero-order valence-electron chi connectivity index (χ0n) is 14.1. The van der Waals surface area contributed by atoms with E-state index in [1.165, 1.54) is 0 Å². The number of rotatable bonds is 4. The Hall–Kier alpha value is -3.61. The molecule has 1 aromatic carbocycles. The lowest BCUT2D eigenvalue weighted by Crippen LogP contribution is -2.16. The second-order valence-corrected chi connectivity index (χ2v) is 5.95. The van der Waals surface area contributed by atoms with E-state index >= 15 is 0 Å². The molecule has 0 aliphatic carbocycles. The van der Waals surface area contributed by atoms with Gasteiger partial charge >= 0.3 is 0 Å². The van der Waals surface area contributed by atoms with Crippen molar-refractivity contribution in [2.75, 3.05) is 5.32 Å². The van der Waals surface area contributed by atoms with Crippen molar-refractivity contribution in [1.82, 2.24) is 24.7 Å². The topological polar surface area (TPSA) is 85.6 Å². The molecule has 0 aliphatic heterocycles. The van der Waals surface area contributed by atoms with E-state index in [-0.39, 0.29) is 12.3 Å². The molecule has 0 unspecified atom stereocenters. The van der Waals surface area contributed by atoms with Crippen molar-refractivity contribution in [2.45, 2.75) is 6.42 Å². The molecule has 0 atom stereocenters. The molecule has 0 bridgehead atoms. The zero-order chi connectivity index (χ0) is 17.9. The normalized spacial score (nSPS) is 10.8. The minimum absolute atomic E-state index is 0.168. The number of nitrogens with one attached hydrogen (secondary N) is 1. The molecule has 26 heavy (non-hydrogen) atoms. The van der Waals surface area contributed by atoms with Gasteiger partial charge in [-0.2, -0.15) is 5.10 Å². The molecular weight excluding hydrogens is 328 g/mol. The molecule has 7 heteroatoms. The van der Waals surface area contributed by atoms with Gasteiger partial charge in [0.1, 0.15) is 0 Å². The smallest absolute Gasteiger partial charge is 0.231 e. The maximum atomic E-state index is 12.2. The molecule has 7 nitrogen and oxygen atoms in total. The van der Waals surface area contributed by atoms with Crippen LogP contribution in [0.2, 0.25) is 0 Å². The lowest BCUT2D eigenvalue weighted by atomic mass is 10.1. The molecule has 3 heterocycles. The third-order valence-electron chi connectivity index (χ3n) is 3.99. The van der Waals surface area contributed by atoms with Gasteiger partial charge in [-0.05, 0) is 29.3 Å². The molecule has 3 aromatic heterocycles. The number of aryl methyl sites for hydroxylation is 1. The maximum absolute atomic E-state index is 12.2. The van der Waals surface area contributed by atoms with E-state index in [0.717, 1.165) is 27.6 Å². The number of amides is 1. The highest BCUT2D eigenvalue weighted by molar-refractivity contribution is 5.92. The molecule has 0 saturated carbocycles. The predicted molar refractivity (Wildman–Crippen MR) is 98.3 cm³/mol. The summed E-state index contributed by atoms with van der Waals surface area (Å²) in [6, 6.07) is 9.54. The van der Waals surface area contributed by atoms with Crippen LogP contribution < -0.4 is 5.32 Å². The summed E-state index contributed by atoms with van der Waals surface area (Å²) in [5, 5.41) is 7.85. The van der Waals surface area contributed by atoms with E-state index in [9.17, 15) is 4.79 Å². The number of hydrogen-bond donors (Lipinski definition) is 1. The van der Waals surface area contributed by atoms with E-state index in [4.69, 9.17) is 0 Å². The fourth-order valence-corrected chi connectivity index (χ4v) is 2.69. The first-order valence-electron chi connectivity index (χ1n) is 8.12. The van der Waals surface area contributed by atoms with E-state index in [1.54, 1.807) is 41.6 Å². The van der Waals surface area contributed by atoms with Crippen LogP contribution in [-0.2, 0) is 18.3 Å². The monoisotopic (exact) mass is 344 g/mol. The third-order valence-corrected chi connectivity index (χ3v) is 3.99. The highest BCUT2D eigenvalue weighted by atomic mass is 16.1. The van der Waals surface area contributed by atoms with Crippen LogP contribution in [0.25, 0.3) is 22.0 Å². The van der Waals surface area contributed by atoms with E-state index < -0.39 is 0 Å². The second-order valence-electron chi connectivity index (χ2n) is 5.95. The van der Waals surface area contributed by atoms with Crippen molar-refractivity contribution >= 4 is 22.8 Å². The number of pyridine rings is 1. The lowest BCUT2D eigenvalue weighted by Gasteiger charge is -2.06. The van der Waals surface area contributed by atoms with Gasteiger partial charge in [0.15, 0.2) is 0 Å². The Bertz CT molecular complexity index is 1070. The first-order valence-corrected chi connectivity index (χ1v) is 8.12. The van der Waals surface area contributed by atoms with E-state index in [0.29, 0.717) is 5.95 Å². The number of carbonyl (C=O) groups is 1. The highest BCUT2D eigenvalue weighted by Gasteiger charge is 2.08. The first kappa shape index (κ1) is 15.9. The first-order chi connectivity index (χ1) is 12.7. The van der Waals surface area contributed by atoms with Crippen molar-refractivity contribution in [2.24, 2.45) is 7.05 Å². The van der Waals surface area contributed by atoms with Crippen LogP contribution in [0.3, 0.4) is 0 Å². The van der Waals surface area contributed by atoms with Crippen LogP contribution >= 0.6 is 0 Å². The number of hydrogen-bond acceptors (Lipinski definition) is 5. The summed E-state index contributed by atoms with van der Waals surface area (Å²) in [7, 11) is 1.88. The van der Waals surface area contributed by atoms with E-state index in [2.05, 4.69) is 25.4 Å². The molecule has 0 saturated heterocycles. The molecule has 4 rings (SSSR count). The molecule has 0 radical (unpaired) electrons. The Morgan fingerprint density at radius 1 is 1.12 bits per heavy atom. The second kappa shape index (κ2) is 6.72. The molecule has 1 N–H and O–H groups in total. The van der Waals surface area contributed by atoms with Gasteiger partial charge < -0.3 is 0 Å². The Morgan fingerprint density at radius 3 is 2.73 bits per heavy atom. The molecular formula is C19H16N6O. The quantitative estimate of drug-likeness (QED) is 0.615. The van der Waals surface area contributed by atoms with Gasteiger partial charge in [-0.15, -0.1) is 0 Å². The van der Waals surface area contributed by atoms with Gasteiger partial charge in [-0.25, -0.2) is 9.97 Å². The average Bonchev–Trinajstić information content (AvgIpc) is 3.08. The average molecular weight is 344 g/mol. The van der Waals surface area contributed by atoms with Crippen LogP contribution in [0, 0.1) is 0 Å². The van der Waals surface area contributed by atoms with Crippen LogP contribution in [0.15, 0.2) is 61.3 Å². The minimum Gasteiger partial charge on any atom is -0.294 e.